The largest absolute Gasteiger partial charge is 0.379 e. The molecule has 7 heteroatoms. The number of halogens is 1. The van der Waals surface area contributed by atoms with Gasteiger partial charge in [-0.1, -0.05) is 0 Å². The highest BCUT2D eigenvalue weighted by Gasteiger charge is 2.01. The normalized spacial score (nSPS) is 10.7. The monoisotopic (exact) mass is 346 g/mol. The molecule has 3 rings (SSSR count). The van der Waals surface area contributed by atoms with Crippen LogP contribution in [0, 0.1) is 0 Å². The third-order valence-corrected chi connectivity index (χ3v) is 3.45. The smallest absolute Gasteiger partial charge is 0.314 e. The fourth-order valence-electron chi connectivity index (χ4n) is 1.93. The van der Waals surface area contributed by atoms with Crippen LogP contribution in [0.2, 0.25) is 0 Å². The average Bonchev–Trinajstić information content (AvgIpc) is 2.48. The maximum atomic E-state index is 11.3. The molecule has 0 radical (unpaired) electrons. The van der Waals surface area contributed by atoms with Crippen LogP contribution >= 0.6 is 15.9 Å². The van der Waals surface area contributed by atoms with E-state index in [9.17, 15) is 9.59 Å². The lowest BCUT2D eigenvalue weighted by molar-refractivity contribution is 1.04. The zero-order chi connectivity index (χ0) is 14.8. The third-order valence-electron chi connectivity index (χ3n) is 2.98. The summed E-state index contributed by atoms with van der Waals surface area (Å²) in [7, 11) is 0. The summed E-state index contributed by atoms with van der Waals surface area (Å²) in [4.78, 5) is 31.9. The molecule has 2 heterocycles. The number of aromatic nitrogens is 3. The van der Waals surface area contributed by atoms with Gasteiger partial charge in [-0.05, 0) is 46.3 Å². The van der Waals surface area contributed by atoms with E-state index in [0.717, 1.165) is 15.9 Å². The van der Waals surface area contributed by atoms with Crippen LogP contribution in [0.15, 0.2) is 50.6 Å². The summed E-state index contributed by atoms with van der Waals surface area (Å²) in [5, 5.41) is 3.21. The van der Waals surface area contributed by atoms with Crippen molar-refractivity contribution in [3.8, 4) is 0 Å². The second kappa shape index (κ2) is 5.53. The minimum Gasteiger partial charge on any atom is -0.379 e. The van der Waals surface area contributed by atoms with Crippen molar-refractivity contribution in [3.05, 3.63) is 67.4 Å². The number of H-pyrrole nitrogens is 2. The fraction of sp³-hybridized carbons (Fsp3) is 0.0714. The van der Waals surface area contributed by atoms with Gasteiger partial charge in [0.05, 0.1) is 23.3 Å². The van der Waals surface area contributed by atoms with E-state index in [-0.39, 0.29) is 0 Å². The molecule has 0 atom stereocenters. The van der Waals surface area contributed by atoms with E-state index in [4.69, 9.17) is 0 Å². The number of fused-ring (bicyclic) bond motifs is 1. The van der Waals surface area contributed by atoms with Gasteiger partial charge in [-0.15, -0.1) is 0 Å². The highest BCUT2D eigenvalue weighted by molar-refractivity contribution is 9.10. The van der Waals surface area contributed by atoms with Crippen LogP contribution in [-0.2, 0) is 6.54 Å². The fourth-order valence-corrected chi connectivity index (χ4v) is 2.16. The molecule has 21 heavy (non-hydrogen) atoms. The number of aromatic amines is 2. The summed E-state index contributed by atoms with van der Waals surface area (Å²) < 4.78 is 0.929. The Labute approximate surface area is 127 Å². The number of hydrogen-bond donors (Lipinski definition) is 3. The van der Waals surface area contributed by atoms with Crippen LogP contribution in [-0.4, -0.2) is 15.0 Å². The molecule has 0 saturated heterocycles. The predicted octanol–water partition coefficient (Wildman–Crippen LogP) is 1.99. The first-order valence-electron chi connectivity index (χ1n) is 6.22. The molecular weight excluding hydrogens is 336 g/mol. The van der Waals surface area contributed by atoms with Gasteiger partial charge >= 0.3 is 11.1 Å². The van der Waals surface area contributed by atoms with Crippen LogP contribution in [0.4, 0.5) is 5.69 Å². The Morgan fingerprint density at radius 1 is 1.05 bits per heavy atom. The zero-order valence-corrected chi connectivity index (χ0v) is 12.4. The van der Waals surface area contributed by atoms with Crippen LogP contribution in [0.3, 0.4) is 0 Å². The van der Waals surface area contributed by atoms with Crippen LogP contribution in [0.5, 0.6) is 0 Å². The van der Waals surface area contributed by atoms with Gasteiger partial charge in [0.1, 0.15) is 0 Å². The summed E-state index contributed by atoms with van der Waals surface area (Å²) in [6.07, 6.45) is 1.74. The van der Waals surface area contributed by atoms with E-state index in [1.54, 1.807) is 18.3 Å². The van der Waals surface area contributed by atoms with Gasteiger partial charge in [-0.25, -0.2) is 0 Å². The van der Waals surface area contributed by atoms with Crippen molar-refractivity contribution in [3.63, 3.8) is 0 Å². The lowest BCUT2D eigenvalue weighted by atomic mass is 10.2. The molecule has 0 amide bonds. The van der Waals surface area contributed by atoms with E-state index in [0.29, 0.717) is 17.6 Å². The number of anilines is 1. The Hall–Kier alpha value is -2.41. The van der Waals surface area contributed by atoms with E-state index < -0.39 is 11.1 Å². The van der Waals surface area contributed by atoms with Crippen molar-refractivity contribution in [2.24, 2.45) is 0 Å². The van der Waals surface area contributed by atoms with Gasteiger partial charge in [0, 0.05) is 16.4 Å². The maximum Gasteiger partial charge on any atom is 0.314 e. The number of nitrogens with one attached hydrogen (secondary N) is 3. The average molecular weight is 347 g/mol. The molecule has 0 aliphatic carbocycles. The van der Waals surface area contributed by atoms with Crippen molar-refractivity contribution in [1.29, 1.82) is 0 Å². The third kappa shape index (κ3) is 3.03. The first-order chi connectivity index (χ1) is 10.1. The highest BCUT2D eigenvalue weighted by Crippen LogP contribution is 2.15. The van der Waals surface area contributed by atoms with Crippen molar-refractivity contribution in [2.75, 3.05) is 5.32 Å². The molecule has 1 aromatic carbocycles. The van der Waals surface area contributed by atoms with Crippen molar-refractivity contribution < 1.29 is 0 Å². The van der Waals surface area contributed by atoms with Crippen LogP contribution < -0.4 is 16.4 Å². The maximum absolute atomic E-state index is 11.3. The molecule has 0 fully saturated rings. The molecule has 106 valence electrons. The minimum atomic E-state index is -0.658. The molecular formula is C14H11BrN4O2. The Kier molecular flexibility index (Phi) is 3.57. The number of nitrogens with zero attached hydrogens (tertiary/aromatic N) is 1. The first-order valence-corrected chi connectivity index (χ1v) is 7.02. The van der Waals surface area contributed by atoms with Crippen LogP contribution in [0.25, 0.3) is 11.0 Å². The Morgan fingerprint density at radius 3 is 2.52 bits per heavy atom. The van der Waals surface area contributed by atoms with Crippen LogP contribution in [0.1, 0.15) is 5.69 Å². The molecule has 0 saturated carbocycles. The number of rotatable bonds is 3. The topological polar surface area (TPSA) is 90.6 Å². The molecule has 0 aliphatic heterocycles. The zero-order valence-electron chi connectivity index (χ0n) is 10.8. The standard InChI is InChI=1S/C14H11BrN4O2/c15-8-1-2-10(16-6-8)7-17-9-3-4-11-12(5-9)19-14(21)13(20)18-11/h1-6,17H,7H2,(H,18,20)(H,19,21). The van der Waals surface area contributed by atoms with E-state index in [2.05, 4.69) is 36.2 Å². The molecule has 2 aromatic heterocycles. The SMILES string of the molecule is O=c1[nH]c2ccc(NCc3ccc(Br)cn3)cc2[nH]c1=O. The Bertz CT molecular complexity index is 899. The van der Waals surface area contributed by atoms with E-state index >= 15 is 0 Å². The van der Waals surface area contributed by atoms with Gasteiger partial charge in [0.15, 0.2) is 0 Å². The minimum absolute atomic E-state index is 0.562. The molecule has 0 aliphatic rings. The van der Waals surface area contributed by atoms with Crippen molar-refractivity contribution in [2.45, 2.75) is 6.54 Å². The number of pyridine rings is 1. The highest BCUT2D eigenvalue weighted by atomic mass is 79.9. The van der Waals surface area contributed by atoms with Crippen molar-refractivity contribution in [1.82, 2.24) is 15.0 Å². The Balaban J connectivity index is 1.84. The molecule has 3 aromatic rings. The van der Waals surface area contributed by atoms with Gasteiger partial charge in [0.25, 0.3) is 0 Å². The molecule has 0 spiro atoms. The van der Waals surface area contributed by atoms with Gasteiger partial charge in [-0.3, -0.25) is 14.6 Å². The summed E-state index contributed by atoms with van der Waals surface area (Å²) in [5.74, 6) is 0. The predicted molar refractivity (Wildman–Crippen MR) is 84.5 cm³/mol. The summed E-state index contributed by atoms with van der Waals surface area (Å²) in [6, 6.07) is 9.18. The quantitative estimate of drug-likeness (QED) is 0.632. The molecule has 6 nitrogen and oxygen atoms in total. The van der Waals surface area contributed by atoms with Gasteiger partial charge in [0.2, 0.25) is 0 Å². The molecule has 0 bridgehead atoms. The molecule has 0 unspecified atom stereocenters. The first kappa shape index (κ1) is 13.6. The number of benzene rings is 1. The second-order valence-electron chi connectivity index (χ2n) is 4.49. The Morgan fingerprint density at radius 2 is 1.81 bits per heavy atom. The summed E-state index contributed by atoms with van der Waals surface area (Å²) in [6.45, 7) is 0.562. The summed E-state index contributed by atoms with van der Waals surface area (Å²) >= 11 is 3.34. The van der Waals surface area contributed by atoms with Crippen molar-refractivity contribution >= 4 is 32.7 Å². The van der Waals surface area contributed by atoms with E-state index in [1.807, 2.05) is 18.2 Å². The van der Waals surface area contributed by atoms with E-state index in [1.165, 1.54) is 0 Å². The lowest BCUT2D eigenvalue weighted by Gasteiger charge is -2.07. The van der Waals surface area contributed by atoms with Gasteiger partial charge in [-0.2, -0.15) is 0 Å². The lowest BCUT2D eigenvalue weighted by Crippen LogP contribution is -2.28. The second-order valence-corrected chi connectivity index (χ2v) is 5.41. The summed E-state index contributed by atoms with van der Waals surface area (Å²) in [5.41, 5.74) is 1.58. The number of hydrogen-bond acceptors (Lipinski definition) is 4. The molecule has 3 N–H and O–H groups in total. The van der Waals surface area contributed by atoms with Gasteiger partial charge < -0.3 is 15.3 Å².